The number of hydrogen-bond acceptors (Lipinski definition) is 6. The second-order valence-corrected chi connectivity index (χ2v) is 8.24. The summed E-state index contributed by atoms with van der Waals surface area (Å²) in [5, 5.41) is 6.41. The molecule has 7 heteroatoms. The quantitative estimate of drug-likeness (QED) is 0.773. The van der Waals surface area contributed by atoms with Gasteiger partial charge in [-0.1, -0.05) is 0 Å². The van der Waals surface area contributed by atoms with Crippen LogP contribution in [0.25, 0.3) is 0 Å². The van der Waals surface area contributed by atoms with Gasteiger partial charge in [0.25, 0.3) is 0 Å². The minimum atomic E-state index is -0.334. The van der Waals surface area contributed by atoms with Gasteiger partial charge in [0.1, 0.15) is 6.04 Å². The maximum atomic E-state index is 12.8. The summed E-state index contributed by atoms with van der Waals surface area (Å²) in [5.41, 5.74) is 1.60. The number of nitrogens with one attached hydrogen (secondary N) is 2. The van der Waals surface area contributed by atoms with Crippen molar-refractivity contribution in [1.29, 1.82) is 0 Å². The molecule has 2 N–H and O–H groups in total. The average molecular weight is 367 g/mol. The summed E-state index contributed by atoms with van der Waals surface area (Å²) in [4.78, 5) is 21.6. The van der Waals surface area contributed by atoms with Crippen molar-refractivity contribution in [3.63, 3.8) is 0 Å². The van der Waals surface area contributed by atoms with Gasteiger partial charge in [-0.25, -0.2) is 9.97 Å². The second-order valence-electron chi connectivity index (χ2n) is 7.26. The summed E-state index contributed by atoms with van der Waals surface area (Å²) in [6, 6.07) is 1.74. The minimum Gasteiger partial charge on any atom is -0.375 e. The lowest BCUT2D eigenvalue weighted by molar-refractivity contribution is -0.124. The van der Waals surface area contributed by atoms with Crippen LogP contribution in [0, 0.1) is 13.8 Å². The highest BCUT2D eigenvalue weighted by molar-refractivity contribution is 7.98. The largest absolute Gasteiger partial charge is 0.375 e. The molecule has 0 aromatic carbocycles. The monoisotopic (exact) mass is 366 g/mol. The Bertz CT molecular complexity index is 574. The van der Waals surface area contributed by atoms with Gasteiger partial charge in [-0.3, -0.25) is 4.79 Å². The SMILES string of the molecule is CSCC[C@@H](Nc1nc(C)cc(C)n1)C(=O)N[C@@H]1CCOC(C)(C)C1. The summed E-state index contributed by atoms with van der Waals surface area (Å²) < 4.78 is 5.73. The minimum absolute atomic E-state index is 0.0134. The molecule has 1 aliphatic heterocycles. The molecule has 0 spiro atoms. The van der Waals surface area contributed by atoms with E-state index in [1.54, 1.807) is 11.8 Å². The molecule has 1 aliphatic rings. The Morgan fingerprint density at radius 3 is 2.68 bits per heavy atom. The smallest absolute Gasteiger partial charge is 0.242 e. The summed E-state index contributed by atoms with van der Waals surface area (Å²) in [7, 11) is 0. The van der Waals surface area contributed by atoms with Crippen molar-refractivity contribution in [3.05, 3.63) is 17.5 Å². The highest BCUT2D eigenvalue weighted by Crippen LogP contribution is 2.24. The molecule has 1 aromatic heterocycles. The third-order valence-corrected chi connectivity index (χ3v) is 4.90. The number of anilines is 1. The van der Waals surface area contributed by atoms with Gasteiger partial charge in [-0.15, -0.1) is 0 Å². The molecule has 1 aromatic rings. The zero-order chi connectivity index (χ0) is 18.4. The molecule has 0 radical (unpaired) electrons. The van der Waals surface area contributed by atoms with Crippen molar-refractivity contribution < 1.29 is 9.53 Å². The molecule has 2 rings (SSSR count). The molecule has 0 bridgehead atoms. The summed E-state index contributed by atoms with van der Waals surface area (Å²) in [5.74, 6) is 1.43. The Kier molecular flexibility index (Phi) is 7.07. The zero-order valence-electron chi connectivity index (χ0n) is 15.9. The lowest BCUT2D eigenvalue weighted by atomic mass is 9.93. The normalized spacial score (nSPS) is 20.8. The first-order valence-electron chi connectivity index (χ1n) is 8.81. The molecule has 2 heterocycles. The number of rotatable bonds is 7. The predicted molar refractivity (Wildman–Crippen MR) is 103 cm³/mol. The van der Waals surface area contributed by atoms with E-state index in [4.69, 9.17) is 4.74 Å². The number of aromatic nitrogens is 2. The van der Waals surface area contributed by atoms with Crippen LogP contribution in [-0.2, 0) is 9.53 Å². The molecule has 1 amide bonds. The first-order valence-corrected chi connectivity index (χ1v) is 10.2. The topological polar surface area (TPSA) is 76.1 Å². The van der Waals surface area contributed by atoms with Crippen LogP contribution < -0.4 is 10.6 Å². The third kappa shape index (κ3) is 6.47. The van der Waals surface area contributed by atoms with Gasteiger partial charge in [0.15, 0.2) is 0 Å². The van der Waals surface area contributed by atoms with Crippen LogP contribution in [0.1, 0.15) is 44.5 Å². The van der Waals surface area contributed by atoms with Gasteiger partial charge in [-0.2, -0.15) is 11.8 Å². The van der Waals surface area contributed by atoms with Crippen molar-refractivity contribution >= 4 is 23.6 Å². The van der Waals surface area contributed by atoms with E-state index in [0.717, 1.165) is 36.4 Å². The fourth-order valence-electron chi connectivity index (χ4n) is 3.11. The molecule has 25 heavy (non-hydrogen) atoms. The van der Waals surface area contributed by atoms with Crippen molar-refractivity contribution in [3.8, 4) is 0 Å². The van der Waals surface area contributed by atoms with Gasteiger partial charge in [0, 0.05) is 24.0 Å². The van der Waals surface area contributed by atoms with E-state index in [1.165, 1.54) is 0 Å². The van der Waals surface area contributed by atoms with E-state index >= 15 is 0 Å². The van der Waals surface area contributed by atoms with E-state index in [2.05, 4.69) is 34.4 Å². The first kappa shape index (κ1) is 20.0. The molecule has 1 fully saturated rings. The van der Waals surface area contributed by atoms with E-state index < -0.39 is 0 Å². The molecule has 1 saturated heterocycles. The highest BCUT2D eigenvalue weighted by atomic mass is 32.2. The molecule has 140 valence electrons. The Hall–Kier alpha value is -1.34. The predicted octanol–water partition coefficient (Wildman–Crippen LogP) is 2.70. The molecule has 0 saturated carbocycles. The van der Waals surface area contributed by atoms with Crippen molar-refractivity contribution in [2.24, 2.45) is 0 Å². The molecular formula is C18H30N4O2S. The fourth-order valence-corrected chi connectivity index (χ4v) is 3.58. The number of thioether (sulfide) groups is 1. The Labute approximate surface area is 154 Å². The molecule has 0 unspecified atom stereocenters. The van der Waals surface area contributed by atoms with Gasteiger partial charge in [-0.05, 0) is 65.0 Å². The maximum absolute atomic E-state index is 12.8. The van der Waals surface area contributed by atoms with Crippen LogP contribution >= 0.6 is 11.8 Å². The number of aryl methyl sites for hydroxylation is 2. The Balaban J connectivity index is 2.03. The molecular weight excluding hydrogens is 336 g/mol. The lowest BCUT2D eigenvalue weighted by Gasteiger charge is -2.36. The summed E-state index contributed by atoms with van der Waals surface area (Å²) >= 11 is 1.73. The Morgan fingerprint density at radius 1 is 1.40 bits per heavy atom. The van der Waals surface area contributed by atoms with E-state index in [-0.39, 0.29) is 23.6 Å². The van der Waals surface area contributed by atoms with E-state index in [1.807, 2.05) is 26.2 Å². The molecule has 6 nitrogen and oxygen atoms in total. The van der Waals surface area contributed by atoms with Crippen LogP contribution in [0.5, 0.6) is 0 Å². The summed E-state index contributed by atoms with van der Waals surface area (Å²) in [6.07, 6.45) is 4.46. The highest BCUT2D eigenvalue weighted by Gasteiger charge is 2.31. The van der Waals surface area contributed by atoms with Crippen LogP contribution in [-0.4, -0.2) is 52.2 Å². The van der Waals surface area contributed by atoms with Crippen molar-refractivity contribution in [2.75, 3.05) is 23.9 Å². The molecule has 0 aliphatic carbocycles. The molecule has 2 atom stereocenters. The number of hydrogen-bond donors (Lipinski definition) is 2. The van der Waals surface area contributed by atoms with Gasteiger partial charge in [0.2, 0.25) is 11.9 Å². The van der Waals surface area contributed by atoms with Gasteiger partial charge in [0.05, 0.1) is 5.60 Å². The fraction of sp³-hybridized carbons (Fsp3) is 0.722. The van der Waals surface area contributed by atoms with Crippen LogP contribution in [0.3, 0.4) is 0 Å². The first-order chi connectivity index (χ1) is 11.8. The zero-order valence-corrected chi connectivity index (χ0v) is 16.7. The van der Waals surface area contributed by atoms with Crippen molar-refractivity contribution in [2.45, 2.75) is 64.6 Å². The summed E-state index contributed by atoms with van der Waals surface area (Å²) in [6.45, 7) is 8.68. The van der Waals surface area contributed by atoms with Gasteiger partial charge >= 0.3 is 0 Å². The number of nitrogens with zero attached hydrogens (tertiary/aromatic N) is 2. The van der Waals surface area contributed by atoms with Crippen LogP contribution in [0.4, 0.5) is 5.95 Å². The average Bonchev–Trinajstić information content (AvgIpc) is 2.49. The number of amides is 1. The Morgan fingerprint density at radius 2 is 2.08 bits per heavy atom. The standard InChI is InChI=1S/C18H30N4O2S/c1-12-10-13(2)20-17(19-12)22-15(7-9-25-5)16(23)21-14-6-8-24-18(3,4)11-14/h10,14-15H,6-9,11H2,1-5H3,(H,21,23)(H,19,20,22)/t14-,15-/m1/s1. The number of carbonyl (C=O) groups excluding carboxylic acids is 1. The van der Waals surface area contributed by atoms with Gasteiger partial charge < -0.3 is 15.4 Å². The maximum Gasteiger partial charge on any atom is 0.242 e. The van der Waals surface area contributed by atoms with E-state index in [0.29, 0.717) is 12.6 Å². The second kappa shape index (κ2) is 8.85. The number of ether oxygens (including phenoxy) is 1. The van der Waals surface area contributed by atoms with E-state index in [9.17, 15) is 4.79 Å². The van der Waals surface area contributed by atoms with Crippen LogP contribution in [0.15, 0.2) is 6.07 Å². The van der Waals surface area contributed by atoms with Crippen molar-refractivity contribution in [1.82, 2.24) is 15.3 Å². The number of carbonyl (C=O) groups is 1. The van der Waals surface area contributed by atoms with Crippen LogP contribution in [0.2, 0.25) is 0 Å². The lowest BCUT2D eigenvalue weighted by Crippen LogP contribution is -2.50. The third-order valence-electron chi connectivity index (χ3n) is 4.26.